The summed E-state index contributed by atoms with van der Waals surface area (Å²) in [7, 11) is 0. The van der Waals surface area contributed by atoms with E-state index in [0.29, 0.717) is 0 Å². The molecule has 0 aliphatic carbocycles. The average molecular weight is 169 g/mol. The van der Waals surface area contributed by atoms with Crippen molar-refractivity contribution in [3.8, 4) is 0 Å². The molecule has 1 N–H and O–H groups in total. The first kappa shape index (κ1) is 7.87. The summed E-state index contributed by atoms with van der Waals surface area (Å²) in [6.07, 6.45) is 5.70. The van der Waals surface area contributed by atoms with Gasteiger partial charge in [-0.15, -0.1) is 0 Å². The number of aromatic amines is 1. The molecular formula is C12H11N. The molecule has 2 aromatic rings. The van der Waals surface area contributed by atoms with Gasteiger partial charge in [0.15, 0.2) is 0 Å². The second-order valence-corrected chi connectivity index (χ2v) is 2.91. The predicted molar refractivity (Wildman–Crippen MR) is 57.5 cm³/mol. The van der Waals surface area contributed by atoms with Crippen LogP contribution in [0, 0.1) is 0 Å². The largest absolute Gasteiger partial charge is 0.355 e. The molecule has 1 heterocycles. The van der Waals surface area contributed by atoms with Crippen LogP contribution in [0.4, 0.5) is 0 Å². The number of allylic oxidation sites excluding steroid dienone is 2. The number of aromatic nitrogens is 1. The smallest absolute Gasteiger partial charge is 0.0458 e. The van der Waals surface area contributed by atoms with E-state index < -0.39 is 0 Å². The molecule has 1 heteroatoms. The molecule has 0 aliphatic heterocycles. The molecular weight excluding hydrogens is 158 g/mol. The fourth-order valence-electron chi connectivity index (χ4n) is 1.36. The van der Waals surface area contributed by atoms with E-state index in [-0.39, 0.29) is 0 Å². The van der Waals surface area contributed by atoms with Crippen LogP contribution in [0.1, 0.15) is 5.69 Å². The zero-order valence-corrected chi connectivity index (χ0v) is 7.33. The van der Waals surface area contributed by atoms with Gasteiger partial charge in [-0.3, -0.25) is 0 Å². The zero-order chi connectivity index (χ0) is 9.10. The van der Waals surface area contributed by atoms with Gasteiger partial charge < -0.3 is 4.98 Å². The minimum atomic E-state index is 1.11. The lowest BCUT2D eigenvalue weighted by Gasteiger charge is -1.84. The molecule has 1 nitrogen and oxygen atoms in total. The number of rotatable bonds is 2. The maximum atomic E-state index is 3.63. The standard InChI is InChI=1S/C12H11N/c1-2-3-7-11-9-10-6-4-5-8-12(10)13-11/h2-9,13H,1H2. The third-order valence-electron chi connectivity index (χ3n) is 1.96. The van der Waals surface area contributed by atoms with Gasteiger partial charge in [-0.05, 0) is 23.6 Å². The lowest BCUT2D eigenvalue weighted by atomic mass is 10.2. The first-order valence-electron chi connectivity index (χ1n) is 4.27. The summed E-state index contributed by atoms with van der Waals surface area (Å²) < 4.78 is 0. The second kappa shape index (κ2) is 3.31. The van der Waals surface area contributed by atoms with Crippen LogP contribution >= 0.6 is 0 Å². The summed E-state index contributed by atoms with van der Waals surface area (Å²) in [6, 6.07) is 10.4. The van der Waals surface area contributed by atoms with E-state index in [0.717, 1.165) is 5.69 Å². The van der Waals surface area contributed by atoms with E-state index in [2.05, 4.69) is 29.8 Å². The highest BCUT2D eigenvalue weighted by Gasteiger charge is 1.94. The van der Waals surface area contributed by atoms with Crippen LogP contribution in [0.2, 0.25) is 0 Å². The van der Waals surface area contributed by atoms with Crippen molar-refractivity contribution in [1.82, 2.24) is 4.98 Å². The highest BCUT2D eigenvalue weighted by Crippen LogP contribution is 2.15. The van der Waals surface area contributed by atoms with Gasteiger partial charge in [0.05, 0.1) is 0 Å². The predicted octanol–water partition coefficient (Wildman–Crippen LogP) is 3.37. The highest BCUT2D eigenvalue weighted by molar-refractivity contribution is 5.82. The second-order valence-electron chi connectivity index (χ2n) is 2.91. The Morgan fingerprint density at radius 2 is 2.08 bits per heavy atom. The van der Waals surface area contributed by atoms with Crippen LogP contribution in [0.25, 0.3) is 17.0 Å². The van der Waals surface area contributed by atoms with E-state index in [9.17, 15) is 0 Å². The molecule has 13 heavy (non-hydrogen) atoms. The van der Waals surface area contributed by atoms with Crippen molar-refractivity contribution in [3.05, 3.63) is 54.8 Å². The van der Waals surface area contributed by atoms with Crippen molar-refractivity contribution >= 4 is 17.0 Å². The molecule has 2 rings (SSSR count). The van der Waals surface area contributed by atoms with Crippen LogP contribution in [-0.2, 0) is 0 Å². The Labute approximate surface area is 77.4 Å². The molecule has 0 saturated heterocycles. The van der Waals surface area contributed by atoms with Crippen molar-refractivity contribution in [3.63, 3.8) is 0 Å². The fraction of sp³-hybridized carbons (Fsp3) is 0. The van der Waals surface area contributed by atoms with Crippen LogP contribution < -0.4 is 0 Å². The molecule has 1 aromatic carbocycles. The number of fused-ring (bicyclic) bond motifs is 1. The lowest BCUT2D eigenvalue weighted by Crippen LogP contribution is -1.67. The maximum Gasteiger partial charge on any atom is 0.0458 e. The number of hydrogen-bond acceptors (Lipinski definition) is 0. The average Bonchev–Trinajstić information content (AvgIpc) is 2.57. The molecule has 0 spiro atoms. The molecule has 0 bridgehead atoms. The van der Waals surface area contributed by atoms with Crippen molar-refractivity contribution in [2.45, 2.75) is 0 Å². The van der Waals surface area contributed by atoms with E-state index in [4.69, 9.17) is 0 Å². The van der Waals surface area contributed by atoms with Gasteiger partial charge in [0.2, 0.25) is 0 Å². The molecule has 0 amide bonds. The summed E-state index contributed by atoms with van der Waals surface area (Å²) in [5.41, 5.74) is 2.28. The third-order valence-corrected chi connectivity index (χ3v) is 1.96. The molecule has 0 radical (unpaired) electrons. The summed E-state index contributed by atoms with van der Waals surface area (Å²) >= 11 is 0. The minimum absolute atomic E-state index is 1.11. The summed E-state index contributed by atoms with van der Waals surface area (Å²) in [4.78, 5) is 3.30. The quantitative estimate of drug-likeness (QED) is 0.663. The minimum Gasteiger partial charge on any atom is -0.355 e. The molecule has 0 fully saturated rings. The Bertz CT molecular complexity index is 416. The molecule has 0 atom stereocenters. The summed E-state index contributed by atoms with van der Waals surface area (Å²) in [5, 5.41) is 1.24. The van der Waals surface area contributed by atoms with Crippen molar-refractivity contribution in [1.29, 1.82) is 0 Å². The zero-order valence-electron chi connectivity index (χ0n) is 7.33. The summed E-state index contributed by atoms with van der Waals surface area (Å²) in [5.74, 6) is 0. The van der Waals surface area contributed by atoms with E-state index in [1.807, 2.05) is 24.3 Å². The van der Waals surface area contributed by atoms with E-state index in [1.165, 1.54) is 10.9 Å². The van der Waals surface area contributed by atoms with Crippen molar-refractivity contribution in [2.24, 2.45) is 0 Å². The number of para-hydroxylation sites is 1. The number of H-pyrrole nitrogens is 1. The van der Waals surface area contributed by atoms with Crippen LogP contribution in [0.3, 0.4) is 0 Å². The molecule has 0 saturated carbocycles. The van der Waals surface area contributed by atoms with Gasteiger partial charge in [0, 0.05) is 11.2 Å². The van der Waals surface area contributed by atoms with Gasteiger partial charge in [0.1, 0.15) is 0 Å². The monoisotopic (exact) mass is 169 g/mol. The fourth-order valence-corrected chi connectivity index (χ4v) is 1.36. The van der Waals surface area contributed by atoms with Gasteiger partial charge in [-0.25, -0.2) is 0 Å². The van der Waals surface area contributed by atoms with Gasteiger partial charge in [-0.2, -0.15) is 0 Å². The summed E-state index contributed by atoms with van der Waals surface area (Å²) in [6.45, 7) is 3.63. The van der Waals surface area contributed by atoms with Gasteiger partial charge >= 0.3 is 0 Å². The Morgan fingerprint density at radius 1 is 1.23 bits per heavy atom. The Kier molecular flexibility index (Phi) is 2.01. The van der Waals surface area contributed by atoms with E-state index in [1.54, 1.807) is 6.08 Å². The Balaban J connectivity index is 2.49. The number of hydrogen-bond donors (Lipinski definition) is 1. The Hall–Kier alpha value is -1.76. The Morgan fingerprint density at radius 3 is 2.85 bits per heavy atom. The van der Waals surface area contributed by atoms with Gasteiger partial charge in [-0.1, -0.05) is 36.9 Å². The molecule has 0 aliphatic rings. The first-order valence-corrected chi connectivity index (χ1v) is 4.27. The number of benzene rings is 1. The molecule has 1 aromatic heterocycles. The van der Waals surface area contributed by atoms with Crippen LogP contribution in [-0.4, -0.2) is 4.98 Å². The number of nitrogens with one attached hydrogen (secondary N) is 1. The SMILES string of the molecule is C=CC=Cc1cc2ccccc2[nH]1. The van der Waals surface area contributed by atoms with Crippen LogP contribution in [0.15, 0.2) is 49.1 Å². The normalized spacial score (nSPS) is 11.1. The third kappa shape index (κ3) is 1.54. The lowest BCUT2D eigenvalue weighted by molar-refractivity contribution is 1.43. The molecule has 0 unspecified atom stereocenters. The first-order chi connectivity index (χ1) is 6.40. The maximum absolute atomic E-state index is 3.63. The topological polar surface area (TPSA) is 15.8 Å². The molecule has 64 valence electrons. The van der Waals surface area contributed by atoms with Crippen molar-refractivity contribution in [2.75, 3.05) is 0 Å². The van der Waals surface area contributed by atoms with E-state index >= 15 is 0 Å². The van der Waals surface area contributed by atoms with Gasteiger partial charge in [0.25, 0.3) is 0 Å². The van der Waals surface area contributed by atoms with Crippen LogP contribution in [0.5, 0.6) is 0 Å². The van der Waals surface area contributed by atoms with Crippen molar-refractivity contribution < 1.29 is 0 Å². The highest BCUT2D eigenvalue weighted by atomic mass is 14.7.